The summed E-state index contributed by atoms with van der Waals surface area (Å²) in [5.74, 6) is 1.49. The Balaban J connectivity index is 1.79. The van der Waals surface area contributed by atoms with Gasteiger partial charge >= 0.3 is 0 Å². The van der Waals surface area contributed by atoms with E-state index < -0.39 is 10.0 Å². The predicted octanol–water partition coefficient (Wildman–Crippen LogP) is 2.87. The summed E-state index contributed by atoms with van der Waals surface area (Å²) in [5.41, 5.74) is 1.42. The van der Waals surface area contributed by atoms with E-state index in [1.807, 2.05) is 17.9 Å². The van der Waals surface area contributed by atoms with E-state index in [-0.39, 0.29) is 22.3 Å². The number of fused-ring (bicyclic) bond motifs is 1. The van der Waals surface area contributed by atoms with E-state index in [0.717, 1.165) is 29.9 Å². The molecule has 2 aromatic rings. The van der Waals surface area contributed by atoms with E-state index in [1.54, 1.807) is 0 Å². The molecule has 1 unspecified atom stereocenters. The summed E-state index contributed by atoms with van der Waals surface area (Å²) in [6, 6.07) is 7.53. The summed E-state index contributed by atoms with van der Waals surface area (Å²) in [4.78, 5) is 19.1. The number of carbonyl (C=O) groups excluding carboxylic acids is 1. The largest absolute Gasteiger partial charge is 0.466 e. The number of sulfonamides is 1. The molecule has 2 N–H and O–H groups in total. The maximum Gasteiger partial charge on any atom is 0.262 e. The first-order chi connectivity index (χ1) is 12.6. The first-order valence-electron chi connectivity index (χ1n) is 8.66. The summed E-state index contributed by atoms with van der Waals surface area (Å²) in [5, 5.41) is 3.05. The van der Waals surface area contributed by atoms with Crippen LogP contribution in [0.25, 0.3) is 0 Å². The Morgan fingerprint density at radius 1 is 1.26 bits per heavy atom. The number of furan rings is 1. The molecule has 27 heavy (non-hydrogen) atoms. The second-order valence-electron chi connectivity index (χ2n) is 7.62. The highest BCUT2D eigenvalue weighted by atomic mass is 32.2. The Hall–Kier alpha value is -2.16. The highest BCUT2D eigenvalue weighted by Gasteiger charge is 2.35. The Kier molecular flexibility index (Phi) is 5.16. The van der Waals surface area contributed by atoms with Gasteiger partial charge in [-0.25, -0.2) is 8.42 Å². The van der Waals surface area contributed by atoms with Gasteiger partial charge in [-0.05, 0) is 49.1 Å². The van der Waals surface area contributed by atoms with E-state index in [2.05, 4.69) is 24.0 Å². The van der Waals surface area contributed by atoms with E-state index in [1.165, 1.54) is 31.4 Å². The van der Waals surface area contributed by atoms with E-state index in [9.17, 15) is 13.2 Å². The van der Waals surface area contributed by atoms with Crippen LogP contribution in [0.5, 0.6) is 0 Å². The second kappa shape index (κ2) is 7.10. The second-order valence-corrected chi connectivity index (χ2v) is 9.27. The van der Waals surface area contributed by atoms with Crippen molar-refractivity contribution in [3.05, 3.63) is 53.0 Å². The molecule has 8 heteroatoms. The fourth-order valence-corrected chi connectivity index (χ4v) is 4.31. The van der Waals surface area contributed by atoms with Crippen molar-refractivity contribution in [1.82, 2.24) is 10.2 Å². The minimum atomic E-state index is -3.75. The van der Waals surface area contributed by atoms with Crippen molar-refractivity contribution in [2.45, 2.75) is 44.6 Å². The molecule has 146 valence electrons. The zero-order valence-electron chi connectivity index (χ0n) is 15.8. The first kappa shape index (κ1) is 19.6. The van der Waals surface area contributed by atoms with Crippen LogP contribution in [0.1, 0.15) is 53.8 Å². The minimum Gasteiger partial charge on any atom is -0.466 e. The van der Waals surface area contributed by atoms with Gasteiger partial charge in [0.15, 0.2) is 0 Å². The standard InChI is InChI=1S/C19H24N2O5S/c1-12-9-15-16(10-19(2,3)11-17(15)26-12)20-18(22)13-5-7-14(8-6-13)27(23,24)21-25-4/h5-9,16,21H,10-11H2,1-4H3,(H,20,22). The Bertz CT molecular complexity index is 945. The molecule has 0 radical (unpaired) electrons. The number of nitrogens with one attached hydrogen (secondary N) is 2. The fourth-order valence-electron chi connectivity index (χ4n) is 3.50. The number of hydrogen-bond donors (Lipinski definition) is 2. The van der Waals surface area contributed by atoms with Crippen LogP contribution in [-0.2, 0) is 21.3 Å². The maximum atomic E-state index is 12.7. The highest BCUT2D eigenvalue weighted by Crippen LogP contribution is 2.42. The molecule has 1 aliphatic rings. The van der Waals surface area contributed by atoms with Crippen molar-refractivity contribution < 1.29 is 22.5 Å². The van der Waals surface area contributed by atoms with Gasteiger partial charge in [0, 0.05) is 17.5 Å². The molecular weight excluding hydrogens is 368 g/mol. The SMILES string of the molecule is CONS(=O)(=O)c1ccc(C(=O)NC2CC(C)(C)Cc3oc(C)cc32)cc1. The summed E-state index contributed by atoms with van der Waals surface area (Å²) in [6.45, 7) is 6.20. The molecule has 7 nitrogen and oxygen atoms in total. The molecule has 1 aliphatic carbocycles. The molecule has 0 spiro atoms. The first-order valence-corrected chi connectivity index (χ1v) is 10.1. The fraction of sp³-hybridized carbons (Fsp3) is 0.421. The monoisotopic (exact) mass is 392 g/mol. The minimum absolute atomic E-state index is 0.0129. The molecule has 0 saturated carbocycles. The van der Waals surface area contributed by atoms with Gasteiger partial charge in [0.1, 0.15) is 11.5 Å². The van der Waals surface area contributed by atoms with Gasteiger partial charge < -0.3 is 9.73 Å². The van der Waals surface area contributed by atoms with Crippen LogP contribution in [0, 0.1) is 12.3 Å². The summed E-state index contributed by atoms with van der Waals surface area (Å²) < 4.78 is 29.6. The lowest BCUT2D eigenvalue weighted by Crippen LogP contribution is -2.36. The van der Waals surface area contributed by atoms with Gasteiger partial charge in [-0.2, -0.15) is 0 Å². The molecule has 0 saturated heterocycles. The van der Waals surface area contributed by atoms with E-state index >= 15 is 0 Å². The van der Waals surface area contributed by atoms with Gasteiger partial charge in [0.05, 0.1) is 18.0 Å². The summed E-state index contributed by atoms with van der Waals surface area (Å²) >= 11 is 0. The maximum absolute atomic E-state index is 12.7. The lowest BCUT2D eigenvalue weighted by Gasteiger charge is -2.34. The molecule has 0 aliphatic heterocycles. The number of aryl methyl sites for hydroxylation is 1. The van der Waals surface area contributed by atoms with E-state index in [4.69, 9.17) is 4.42 Å². The number of hydrogen-bond acceptors (Lipinski definition) is 5. The van der Waals surface area contributed by atoms with Crippen molar-refractivity contribution in [1.29, 1.82) is 0 Å². The number of amides is 1. The third-order valence-corrected chi connectivity index (χ3v) is 5.94. The molecule has 1 aromatic carbocycles. The van der Waals surface area contributed by atoms with Crippen molar-refractivity contribution in [3.63, 3.8) is 0 Å². The van der Waals surface area contributed by atoms with Gasteiger partial charge in [0.25, 0.3) is 15.9 Å². The molecular formula is C19H24N2O5S. The van der Waals surface area contributed by atoms with Gasteiger partial charge in [-0.3, -0.25) is 9.63 Å². The molecule has 1 heterocycles. The van der Waals surface area contributed by atoms with Crippen molar-refractivity contribution in [3.8, 4) is 0 Å². The molecule has 0 fully saturated rings. The van der Waals surface area contributed by atoms with E-state index in [0.29, 0.717) is 5.56 Å². The number of carbonyl (C=O) groups is 1. The van der Waals surface area contributed by atoms with Crippen LogP contribution in [0.4, 0.5) is 0 Å². The average Bonchev–Trinajstić information content (AvgIpc) is 2.94. The third-order valence-electron chi connectivity index (χ3n) is 4.66. The third kappa shape index (κ3) is 4.23. The average molecular weight is 392 g/mol. The number of rotatable bonds is 5. The van der Waals surface area contributed by atoms with Gasteiger partial charge in [-0.15, -0.1) is 0 Å². The smallest absolute Gasteiger partial charge is 0.262 e. The molecule has 1 atom stereocenters. The van der Waals surface area contributed by atoms with Crippen molar-refractivity contribution in [2.75, 3.05) is 7.11 Å². The summed E-state index contributed by atoms with van der Waals surface area (Å²) in [7, 11) is -2.53. The molecule has 3 rings (SSSR count). The van der Waals surface area contributed by atoms with Gasteiger partial charge in [-0.1, -0.05) is 18.7 Å². The normalized spacial score (nSPS) is 18.7. The molecule has 1 amide bonds. The zero-order valence-corrected chi connectivity index (χ0v) is 16.6. The summed E-state index contributed by atoms with van der Waals surface area (Å²) in [6.07, 6.45) is 1.64. The number of benzene rings is 1. The van der Waals surface area contributed by atoms with Crippen LogP contribution in [0.15, 0.2) is 39.6 Å². The highest BCUT2D eigenvalue weighted by molar-refractivity contribution is 7.89. The van der Waals surface area contributed by atoms with Crippen LogP contribution in [-0.4, -0.2) is 21.4 Å². The van der Waals surface area contributed by atoms with Crippen LogP contribution in [0.2, 0.25) is 0 Å². The lowest BCUT2D eigenvalue weighted by molar-refractivity contribution is 0.0917. The Labute approximate surface area is 159 Å². The lowest BCUT2D eigenvalue weighted by atomic mass is 9.74. The molecule has 1 aromatic heterocycles. The van der Waals surface area contributed by atoms with Gasteiger partial charge in [0.2, 0.25) is 0 Å². The molecule has 0 bridgehead atoms. The van der Waals surface area contributed by atoms with Crippen LogP contribution < -0.4 is 10.2 Å². The Morgan fingerprint density at radius 2 is 1.93 bits per heavy atom. The quantitative estimate of drug-likeness (QED) is 0.763. The van der Waals surface area contributed by atoms with Crippen molar-refractivity contribution in [2.24, 2.45) is 5.41 Å². The van der Waals surface area contributed by atoms with Crippen LogP contribution in [0.3, 0.4) is 0 Å². The Morgan fingerprint density at radius 3 is 2.56 bits per heavy atom. The topological polar surface area (TPSA) is 97.6 Å². The van der Waals surface area contributed by atoms with Crippen molar-refractivity contribution >= 4 is 15.9 Å². The predicted molar refractivity (Wildman–Crippen MR) is 99.5 cm³/mol. The zero-order chi connectivity index (χ0) is 19.8. The van der Waals surface area contributed by atoms with Crippen LogP contribution >= 0.6 is 0 Å².